The van der Waals surface area contributed by atoms with Crippen LogP contribution in [0.5, 0.6) is 0 Å². The van der Waals surface area contributed by atoms with E-state index in [1.165, 1.54) is 7.11 Å². The highest BCUT2D eigenvalue weighted by molar-refractivity contribution is 6.36. The lowest BCUT2D eigenvalue weighted by molar-refractivity contribution is 0.138. The van der Waals surface area contributed by atoms with Crippen molar-refractivity contribution in [3.63, 3.8) is 0 Å². The second kappa shape index (κ2) is 9.93. The number of aliphatic hydroxyl groups is 1. The molecule has 13 nitrogen and oxygen atoms in total. The van der Waals surface area contributed by atoms with Crippen molar-refractivity contribution in [2.24, 2.45) is 11.5 Å². The number of hydrogen-bond donors (Lipinski definition) is 6. The molecule has 1 saturated carbocycles. The summed E-state index contributed by atoms with van der Waals surface area (Å²) in [6.45, 7) is 1.16. The molecule has 3 aromatic rings. The minimum absolute atomic E-state index is 0.270. The summed E-state index contributed by atoms with van der Waals surface area (Å²) in [7, 11) is 1.28. The van der Waals surface area contributed by atoms with Gasteiger partial charge in [0.25, 0.3) is 0 Å². The molecule has 1 aliphatic heterocycles. The SMILES string of the molecule is COC(=O)N[C@@H]1CN(c2cc(CN)cc(Nc3nc(NC4CC4)c4ncc(CN)n4n3)c2Cl)C[C@H]1O. The maximum atomic E-state index is 11.6. The maximum Gasteiger partial charge on any atom is 0.407 e. The summed E-state index contributed by atoms with van der Waals surface area (Å²) in [6.07, 6.45) is 2.43. The Morgan fingerprint density at radius 1 is 1.28 bits per heavy atom. The number of benzene rings is 1. The first kappa shape index (κ1) is 24.3. The standard InChI is InChI=1S/C22H29ClN10O3/c1-36-22(35)29-15-9-32(10-17(15)34)16-5-11(6-24)4-14(18(16)23)28-21-30-19(27-12-2-3-12)20-26-8-13(7-25)33(20)31-21/h4-5,8,12,15,17,34H,2-3,6-7,9-10,24-25H2,1H3,(H,29,35)(H2,27,28,30,31)/t15-,17-/m1/s1. The fraction of sp³-hybridized carbons (Fsp3) is 0.455. The van der Waals surface area contributed by atoms with Crippen LogP contribution in [-0.2, 0) is 17.8 Å². The number of β-amino-alcohol motifs (C(OH)–C–C–N with tert-alkyl or cyclic N) is 1. The molecule has 2 fully saturated rings. The molecular formula is C22H29ClN10O3. The van der Waals surface area contributed by atoms with Gasteiger partial charge in [0.1, 0.15) is 0 Å². The van der Waals surface area contributed by atoms with Gasteiger partial charge in [-0.25, -0.2) is 14.3 Å². The van der Waals surface area contributed by atoms with Crippen LogP contribution in [0.1, 0.15) is 24.1 Å². The van der Waals surface area contributed by atoms with E-state index in [4.69, 9.17) is 23.1 Å². The van der Waals surface area contributed by atoms with E-state index >= 15 is 0 Å². The Bertz CT molecular complexity index is 1280. The number of aromatic nitrogens is 4. The summed E-state index contributed by atoms with van der Waals surface area (Å²) < 4.78 is 6.33. The predicted octanol–water partition coefficient (Wildman–Crippen LogP) is 0.919. The van der Waals surface area contributed by atoms with Crippen LogP contribution >= 0.6 is 11.6 Å². The Morgan fingerprint density at radius 2 is 2.08 bits per heavy atom. The van der Waals surface area contributed by atoms with Gasteiger partial charge in [0.05, 0.1) is 47.5 Å². The van der Waals surface area contributed by atoms with Gasteiger partial charge in [0, 0.05) is 32.2 Å². The van der Waals surface area contributed by atoms with Gasteiger partial charge in [-0.2, -0.15) is 4.98 Å². The largest absolute Gasteiger partial charge is 0.453 e. The van der Waals surface area contributed by atoms with E-state index in [1.807, 2.05) is 17.0 Å². The second-order valence-electron chi connectivity index (χ2n) is 8.91. The third kappa shape index (κ3) is 4.82. The van der Waals surface area contributed by atoms with E-state index in [-0.39, 0.29) is 19.6 Å². The summed E-state index contributed by atoms with van der Waals surface area (Å²) >= 11 is 6.84. The number of nitrogens with one attached hydrogen (secondary N) is 3. The van der Waals surface area contributed by atoms with E-state index in [0.717, 1.165) is 24.1 Å². The lowest BCUT2D eigenvalue weighted by Gasteiger charge is -2.23. The smallest absolute Gasteiger partial charge is 0.407 e. The van der Waals surface area contributed by atoms with Crippen LogP contribution in [-0.4, -0.2) is 69.2 Å². The van der Waals surface area contributed by atoms with Crippen LogP contribution in [0.25, 0.3) is 5.65 Å². The van der Waals surface area contributed by atoms with Gasteiger partial charge >= 0.3 is 6.09 Å². The molecular weight excluding hydrogens is 488 g/mol. The molecule has 3 heterocycles. The fourth-order valence-corrected chi connectivity index (χ4v) is 4.48. The predicted molar refractivity (Wildman–Crippen MR) is 135 cm³/mol. The minimum atomic E-state index is -0.796. The number of halogens is 1. The highest BCUT2D eigenvalue weighted by atomic mass is 35.5. The Balaban J connectivity index is 1.47. The van der Waals surface area contributed by atoms with Crippen LogP contribution in [0.4, 0.5) is 27.9 Å². The summed E-state index contributed by atoms with van der Waals surface area (Å²) in [5.41, 5.74) is 15.2. The number of rotatable bonds is 8. The number of nitrogens with two attached hydrogens (primary N) is 2. The van der Waals surface area contributed by atoms with Crippen molar-refractivity contribution < 1.29 is 14.6 Å². The average molecular weight is 517 g/mol. The van der Waals surface area contributed by atoms with Crippen molar-refractivity contribution in [3.8, 4) is 0 Å². The number of anilines is 4. The molecule has 1 amide bonds. The Labute approximate surface area is 212 Å². The van der Waals surface area contributed by atoms with Crippen molar-refractivity contribution >= 4 is 46.5 Å². The molecule has 5 rings (SSSR count). The zero-order valence-electron chi connectivity index (χ0n) is 19.7. The highest BCUT2D eigenvalue weighted by Crippen LogP contribution is 2.37. The van der Waals surface area contributed by atoms with Crippen molar-refractivity contribution in [2.45, 2.75) is 44.1 Å². The Morgan fingerprint density at radius 3 is 2.78 bits per heavy atom. The minimum Gasteiger partial charge on any atom is -0.453 e. The van der Waals surface area contributed by atoms with Gasteiger partial charge in [-0.1, -0.05) is 11.6 Å². The summed E-state index contributed by atoms with van der Waals surface area (Å²) in [6, 6.07) is 3.55. The number of hydrogen-bond acceptors (Lipinski definition) is 11. The van der Waals surface area contributed by atoms with Crippen LogP contribution in [0.2, 0.25) is 5.02 Å². The van der Waals surface area contributed by atoms with Crippen molar-refractivity contribution in [2.75, 3.05) is 35.7 Å². The number of aliphatic hydroxyl groups excluding tert-OH is 1. The lowest BCUT2D eigenvalue weighted by Crippen LogP contribution is -2.42. The summed E-state index contributed by atoms with van der Waals surface area (Å²) in [5, 5.41) is 24.7. The Kier molecular flexibility index (Phi) is 6.71. The highest BCUT2D eigenvalue weighted by Gasteiger charge is 2.34. The quantitative estimate of drug-likeness (QED) is 0.250. The molecule has 0 unspecified atom stereocenters. The Hall–Kier alpha value is -3.39. The van der Waals surface area contributed by atoms with Crippen LogP contribution in [0.3, 0.4) is 0 Å². The van der Waals surface area contributed by atoms with E-state index in [1.54, 1.807) is 10.7 Å². The molecule has 36 heavy (non-hydrogen) atoms. The first-order valence-electron chi connectivity index (χ1n) is 11.7. The van der Waals surface area contributed by atoms with E-state index < -0.39 is 18.2 Å². The number of ether oxygens (including phenoxy) is 1. The average Bonchev–Trinajstić information content (AvgIpc) is 3.48. The van der Waals surface area contributed by atoms with Gasteiger partial charge in [0.15, 0.2) is 11.5 Å². The molecule has 2 atom stereocenters. The van der Waals surface area contributed by atoms with Gasteiger partial charge in [0.2, 0.25) is 5.95 Å². The molecule has 1 aromatic carbocycles. The number of amides is 1. The van der Waals surface area contributed by atoms with Gasteiger partial charge in [-0.3, -0.25) is 0 Å². The van der Waals surface area contributed by atoms with E-state index in [9.17, 15) is 9.90 Å². The van der Waals surface area contributed by atoms with Crippen LogP contribution in [0, 0.1) is 0 Å². The molecule has 0 bridgehead atoms. The van der Waals surface area contributed by atoms with Gasteiger partial charge < -0.3 is 42.2 Å². The zero-order valence-corrected chi connectivity index (χ0v) is 20.5. The molecule has 0 spiro atoms. The molecule has 14 heteroatoms. The third-order valence-corrected chi connectivity index (χ3v) is 6.67. The molecule has 2 aromatic heterocycles. The molecule has 1 aliphatic carbocycles. The number of fused-ring (bicyclic) bond motifs is 1. The third-order valence-electron chi connectivity index (χ3n) is 6.27. The first-order chi connectivity index (χ1) is 17.4. The molecule has 2 aliphatic rings. The van der Waals surface area contributed by atoms with Crippen molar-refractivity contribution in [1.29, 1.82) is 0 Å². The molecule has 8 N–H and O–H groups in total. The topological polar surface area (TPSA) is 181 Å². The second-order valence-corrected chi connectivity index (χ2v) is 9.29. The van der Waals surface area contributed by atoms with Crippen LogP contribution in [0.15, 0.2) is 18.3 Å². The van der Waals surface area contributed by atoms with Crippen molar-refractivity contribution in [1.82, 2.24) is 24.9 Å². The normalized spacial score (nSPS) is 19.5. The number of imidazole rings is 1. The van der Waals surface area contributed by atoms with E-state index in [0.29, 0.717) is 46.4 Å². The summed E-state index contributed by atoms with van der Waals surface area (Å²) in [5.74, 6) is 0.924. The van der Waals surface area contributed by atoms with Gasteiger partial charge in [-0.05, 0) is 30.5 Å². The monoisotopic (exact) mass is 516 g/mol. The number of alkyl carbamates (subject to hydrolysis) is 1. The number of carbonyl (C=O) groups is 1. The molecule has 1 saturated heterocycles. The van der Waals surface area contributed by atoms with Crippen molar-refractivity contribution in [3.05, 3.63) is 34.6 Å². The number of nitrogens with zero attached hydrogens (tertiary/aromatic N) is 5. The van der Waals surface area contributed by atoms with E-state index in [2.05, 4.69) is 35.8 Å². The number of methoxy groups -OCH3 is 1. The zero-order chi connectivity index (χ0) is 25.4. The lowest BCUT2D eigenvalue weighted by atomic mass is 10.1. The number of carbonyl (C=O) groups excluding carboxylic acids is 1. The summed E-state index contributed by atoms with van der Waals surface area (Å²) in [4.78, 5) is 22.6. The fourth-order valence-electron chi connectivity index (χ4n) is 4.20. The molecule has 0 radical (unpaired) electrons. The molecule has 192 valence electrons. The first-order valence-corrected chi connectivity index (χ1v) is 12.1. The van der Waals surface area contributed by atoms with Crippen LogP contribution < -0.4 is 32.3 Å². The van der Waals surface area contributed by atoms with Gasteiger partial charge in [-0.15, -0.1) is 5.10 Å². The maximum absolute atomic E-state index is 11.6.